The Bertz CT molecular complexity index is 311. The molecule has 0 aliphatic rings. The first-order valence-corrected chi connectivity index (χ1v) is 4.05. The summed E-state index contributed by atoms with van der Waals surface area (Å²) in [6, 6.07) is 1.24. The molecule has 1 rings (SSSR count). The molecule has 13 heavy (non-hydrogen) atoms. The lowest BCUT2D eigenvalue weighted by Gasteiger charge is -2.08. The average Bonchev–Trinajstić information content (AvgIpc) is 2.08. The number of primary amides is 1. The summed E-state index contributed by atoms with van der Waals surface area (Å²) in [6.45, 7) is 1.93. The second-order valence-corrected chi connectivity index (χ2v) is 3.02. The monoisotopic (exact) mass is 179 g/mol. The fourth-order valence-corrected chi connectivity index (χ4v) is 1.07. The zero-order valence-electron chi connectivity index (χ0n) is 7.53. The number of nitrogens with two attached hydrogens (primary N) is 2. The number of amides is 1. The van der Waals surface area contributed by atoms with Crippen molar-refractivity contribution in [2.75, 3.05) is 0 Å². The Balaban J connectivity index is 2.74. The number of carbonyl (C=O) groups is 1. The first kappa shape index (κ1) is 9.67. The van der Waals surface area contributed by atoms with Crippen LogP contribution in [0.25, 0.3) is 0 Å². The smallest absolute Gasteiger partial charge is 0.234 e. The minimum Gasteiger partial charge on any atom is -0.368 e. The summed E-state index contributed by atoms with van der Waals surface area (Å²) in [5.41, 5.74) is 12.6. The maximum Gasteiger partial charge on any atom is 0.234 e. The summed E-state index contributed by atoms with van der Waals surface area (Å²) in [6.07, 6.45) is 3.89. The van der Waals surface area contributed by atoms with Gasteiger partial charge in [-0.15, -0.1) is 0 Å². The van der Waals surface area contributed by atoms with Crippen molar-refractivity contribution >= 4 is 5.91 Å². The zero-order valence-corrected chi connectivity index (χ0v) is 7.53. The minimum atomic E-state index is -0.610. The SMILES string of the molecule is Cc1cnccc1CC(N)C(N)=O. The van der Waals surface area contributed by atoms with Crippen LogP contribution in [0.1, 0.15) is 11.1 Å². The lowest BCUT2D eigenvalue weighted by atomic mass is 10.0. The summed E-state index contributed by atoms with van der Waals surface area (Å²) in [5.74, 6) is -0.476. The summed E-state index contributed by atoms with van der Waals surface area (Å²) in [7, 11) is 0. The Kier molecular flexibility index (Phi) is 2.97. The van der Waals surface area contributed by atoms with Crippen molar-refractivity contribution in [2.45, 2.75) is 19.4 Å². The van der Waals surface area contributed by atoms with Crippen LogP contribution in [0.15, 0.2) is 18.5 Å². The molecule has 1 amide bonds. The summed E-state index contributed by atoms with van der Waals surface area (Å²) in [4.78, 5) is 14.6. The Hall–Kier alpha value is -1.42. The predicted molar refractivity (Wildman–Crippen MR) is 49.8 cm³/mol. The normalized spacial score (nSPS) is 12.5. The minimum absolute atomic E-state index is 0.476. The molecule has 1 unspecified atom stereocenters. The third-order valence-corrected chi connectivity index (χ3v) is 1.94. The van der Waals surface area contributed by atoms with Gasteiger partial charge in [0.05, 0.1) is 6.04 Å². The highest BCUT2D eigenvalue weighted by atomic mass is 16.1. The number of rotatable bonds is 3. The van der Waals surface area contributed by atoms with E-state index < -0.39 is 11.9 Å². The highest BCUT2D eigenvalue weighted by Crippen LogP contribution is 2.06. The third-order valence-electron chi connectivity index (χ3n) is 1.94. The van der Waals surface area contributed by atoms with Gasteiger partial charge in [0.2, 0.25) is 5.91 Å². The molecule has 1 atom stereocenters. The quantitative estimate of drug-likeness (QED) is 0.671. The summed E-state index contributed by atoms with van der Waals surface area (Å²) >= 11 is 0. The van der Waals surface area contributed by atoms with Crippen molar-refractivity contribution in [3.8, 4) is 0 Å². The van der Waals surface area contributed by atoms with Crippen molar-refractivity contribution < 1.29 is 4.79 Å². The van der Waals surface area contributed by atoms with Crippen molar-refractivity contribution in [1.82, 2.24) is 4.98 Å². The van der Waals surface area contributed by atoms with E-state index in [1.54, 1.807) is 12.4 Å². The van der Waals surface area contributed by atoms with Crippen LogP contribution in [-0.4, -0.2) is 16.9 Å². The number of aryl methyl sites for hydroxylation is 1. The molecule has 0 radical (unpaired) electrons. The van der Waals surface area contributed by atoms with Crippen LogP contribution < -0.4 is 11.5 Å². The van der Waals surface area contributed by atoms with Gasteiger partial charge in [-0.1, -0.05) is 0 Å². The third kappa shape index (κ3) is 2.52. The summed E-state index contributed by atoms with van der Waals surface area (Å²) in [5, 5.41) is 0. The lowest BCUT2D eigenvalue weighted by molar-refractivity contribution is -0.119. The van der Waals surface area contributed by atoms with Gasteiger partial charge < -0.3 is 11.5 Å². The van der Waals surface area contributed by atoms with Gasteiger partial charge in [-0.3, -0.25) is 9.78 Å². The van der Waals surface area contributed by atoms with E-state index in [9.17, 15) is 4.79 Å². The van der Waals surface area contributed by atoms with E-state index in [0.717, 1.165) is 11.1 Å². The van der Waals surface area contributed by atoms with Gasteiger partial charge in [-0.25, -0.2) is 0 Å². The molecule has 0 saturated heterocycles. The van der Waals surface area contributed by atoms with Gasteiger partial charge in [0.1, 0.15) is 0 Å². The fourth-order valence-electron chi connectivity index (χ4n) is 1.07. The molecule has 70 valence electrons. The topological polar surface area (TPSA) is 82.0 Å². The van der Waals surface area contributed by atoms with E-state index in [4.69, 9.17) is 11.5 Å². The van der Waals surface area contributed by atoms with E-state index in [0.29, 0.717) is 6.42 Å². The molecule has 4 heteroatoms. The van der Waals surface area contributed by atoms with Gasteiger partial charge in [0.15, 0.2) is 0 Å². The summed E-state index contributed by atoms with van der Waals surface area (Å²) < 4.78 is 0. The lowest BCUT2D eigenvalue weighted by Crippen LogP contribution is -2.38. The number of carbonyl (C=O) groups excluding carboxylic acids is 1. The van der Waals surface area contributed by atoms with Crippen LogP contribution in [-0.2, 0) is 11.2 Å². The number of aromatic nitrogens is 1. The highest BCUT2D eigenvalue weighted by Gasteiger charge is 2.10. The number of nitrogens with zero attached hydrogens (tertiary/aromatic N) is 1. The van der Waals surface area contributed by atoms with Gasteiger partial charge in [0.25, 0.3) is 0 Å². The van der Waals surface area contributed by atoms with E-state index in [2.05, 4.69) is 4.98 Å². The molecule has 0 aliphatic carbocycles. The Morgan fingerprint density at radius 2 is 2.38 bits per heavy atom. The Labute approximate surface area is 77.0 Å². The van der Waals surface area contributed by atoms with Gasteiger partial charge >= 0.3 is 0 Å². The predicted octanol–water partition coefficient (Wildman–Crippen LogP) is -0.255. The first-order chi connectivity index (χ1) is 6.11. The maximum atomic E-state index is 10.7. The van der Waals surface area contributed by atoms with Crippen LogP contribution >= 0.6 is 0 Å². The zero-order chi connectivity index (χ0) is 9.84. The maximum absolute atomic E-state index is 10.7. The van der Waals surface area contributed by atoms with E-state index in [-0.39, 0.29) is 0 Å². The number of pyridine rings is 1. The van der Waals surface area contributed by atoms with Crippen molar-refractivity contribution in [2.24, 2.45) is 11.5 Å². The number of hydrogen-bond acceptors (Lipinski definition) is 3. The average molecular weight is 179 g/mol. The standard InChI is InChI=1S/C9H13N3O/c1-6-5-12-3-2-7(6)4-8(10)9(11)13/h2-3,5,8H,4,10H2,1H3,(H2,11,13). The first-order valence-electron chi connectivity index (χ1n) is 4.05. The molecular weight excluding hydrogens is 166 g/mol. The highest BCUT2D eigenvalue weighted by molar-refractivity contribution is 5.79. The largest absolute Gasteiger partial charge is 0.368 e. The molecule has 0 fully saturated rings. The van der Waals surface area contributed by atoms with E-state index in [1.165, 1.54) is 0 Å². The molecule has 0 aliphatic heterocycles. The second-order valence-electron chi connectivity index (χ2n) is 3.02. The van der Waals surface area contributed by atoms with Crippen LogP contribution in [0.5, 0.6) is 0 Å². The molecule has 0 aromatic carbocycles. The van der Waals surface area contributed by atoms with Crippen molar-refractivity contribution in [3.05, 3.63) is 29.6 Å². The van der Waals surface area contributed by atoms with Crippen LogP contribution in [0, 0.1) is 6.92 Å². The molecule has 4 N–H and O–H groups in total. The second kappa shape index (κ2) is 4.00. The van der Waals surface area contributed by atoms with E-state index in [1.807, 2.05) is 13.0 Å². The number of hydrogen-bond donors (Lipinski definition) is 2. The molecule has 1 heterocycles. The van der Waals surface area contributed by atoms with Gasteiger partial charge in [-0.2, -0.15) is 0 Å². The van der Waals surface area contributed by atoms with Gasteiger partial charge in [-0.05, 0) is 30.5 Å². The molecule has 1 aromatic rings. The molecule has 1 aromatic heterocycles. The van der Waals surface area contributed by atoms with Crippen molar-refractivity contribution in [1.29, 1.82) is 0 Å². The molecule has 4 nitrogen and oxygen atoms in total. The van der Waals surface area contributed by atoms with Crippen LogP contribution in [0.3, 0.4) is 0 Å². The molecule has 0 bridgehead atoms. The van der Waals surface area contributed by atoms with Crippen LogP contribution in [0.4, 0.5) is 0 Å². The van der Waals surface area contributed by atoms with Gasteiger partial charge in [0, 0.05) is 12.4 Å². The van der Waals surface area contributed by atoms with Crippen molar-refractivity contribution in [3.63, 3.8) is 0 Å². The van der Waals surface area contributed by atoms with Crippen LogP contribution in [0.2, 0.25) is 0 Å². The Morgan fingerprint density at radius 3 is 2.92 bits per heavy atom. The fraction of sp³-hybridized carbons (Fsp3) is 0.333. The molecule has 0 spiro atoms. The molecular formula is C9H13N3O. The molecule has 0 saturated carbocycles. The Morgan fingerprint density at radius 1 is 1.69 bits per heavy atom. The van der Waals surface area contributed by atoms with E-state index >= 15 is 0 Å².